The molecule has 5 aromatic rings. The molecule has 0 saturated carbocycles. The van der Waals surface area contributed by atoms with Crippen molar-refractivity contribution in [2.45, 2.75) is 19.9 Å². The molecule has 0 aliphatic rings. The summed E-state index contributed by atoms with van der Waals surface area (Å²) in [5.41, 5.74) is 0.669. The van der Waals surface area contributed by atoms with Gasteiger partial charge in [-0.3, -0.25) is 24.0 Å². The summed E-state index contributed by atoms with van der Waals surface area (Å²) in [5.74, 6) is -2.55. The predicted molar refractivity (Wildman–Crippen MR) is 146 cm³/mol. The van der Waals surface area contributed by atoms with Crippen molar-refractivity contribution >= 4 is 45.5 Å². The summed E-state index contributed by atoms with van der Waals surface area (Å²) in [4.78, 5) is 34.1. The minimum Gasteiger partial charge on any atom is -0.453 e. The second-order valence-electron chi connectivity index (χ2n) is 8.39. The van der Waals surface area contributed by atoms with Gasteiger partial charge in [0.25, 0.3) is 5.91 Å². The first-order valence-corrected chi connectivity index (χ1v) is 13.5. The molecule has 40 heavy (non-hydrogen) atoms. The molecule has 2 amide bonds. The van der Waals surface area contributed by atoms with Gasteiger partial charge in [0.15, 0.2) is 11.6 Å². The number of rotatable bonds is 9. The Morgan fingerprint density at radius 2 is 1.82 bits per heavy atom. The van der Waals surface area contributed by atoms with Crippen LogP contribution in [0, 0.1) is 17.5 Å². The van der Waals surface area contributed by atoms with E-state index in [0.717, 1.165) is 40.1 Å². The van der Waals surface area contributed by atoms with E-state index in [1.165, 1.54) is 23.5 Å². The number of hydrogen-bond acceptors (Lipinski definition) is 7. The zero-order valence-corrected chi connectivity index (χ0v) is 22.4. The van der Waals surface area contributed by atoms with Crippen LogP contribution in [-0.4, -0.2) is 26.3 Å². The molecule has 13 heteroatoms. The van der Waals surface area contributed by atoms with E-state index < -0.39 is 29.3 Å². The molecule has 2 N–H and O–H groups in total. The summed E-state index contributed by atoms with van der Waals surface area (Å²) >= 11 is 1.97. The van der Waals surface area contributed by atoms with Crippen LogP contribution in [0.1, 0.15) is 22.8 Å². The Balaban J connectivity index is 1.22. The number of aryl methyl sites for hydroxylation is 1. The Morgan fingerprint density at radius 1 is 0.975 bits per heavy atom. The van der Waals surface area contributed by atoms with Crippen LogP contribution in [-0.2, 0) is 17.8 Å². The molecule has 2 aromatic carbocycles. The maximum atomic E-state index is 14.9. The predicted octanol–water partition coefficient (Wildman–Crippen LogP) is 6.04. The fourth-order valence-corrected chi connectivity index (χ4v) is 5.33. The fraction of sp³-hybridized carbons (Fsp3) is 0.111. The fourth-order valence-electron chi connectivity index (χ4n) is 3.80. The molecule has 0 aliphatic carbocycles. The summed E-state index contributed by atoms with van der Waals surface area (Å²) in [7, 11) is 0. The molecule has 0 radical (unpaired) electrons. The van der Waals surface area contributed by atoms with E-state index in [4.69, 9.17) is 4.74 Å². The van der Waals surface area contributed by atoms with Gasteiger partial charge in [-0.15, -0.1) is 11.3 Å². The molecule has 0 aliphatic heterocycles. The number of benzene rings is 2. The van der Waals surface area contributed by atoms with Crippen molar-refractivity contribution in [3.8, 4) is 22.2 Å². The number of imidazole rings is 1. The van der Waals surface area contributed by atoms with Gasteiger partial charge >= 0.3 is 0 Å². The third-order valence-electron chi connectivity index (χ3n) is 5.74. The van der Waals surface area contributed by atoms with Crippen LogP contribution >= 0.6 is 23.5 Å². The monoisotopic (exact) mass is 583 g/mol. The Labute approximate surface area is 234 Å². The van der Waals surface area contributed by atoms with Gasteiger partial charge in [-0.25, -0.2) is 18.2 Å². The van der Waals surface area contributed by atoms with Gasteiger partial charge in [0.2, 0.25) is 5.91 Å². The van der Waals surface area contributed by atoms with Crippen LogP contribution in [0.15, 0.2) is 67.1 Å². The Kier molecular flexibility index (Phi) is 8.03. The van der Waals surface area contributed by atoms with Crippen LogP contribution in [0.3, 0.4) is 0 Å². The van der Waals surface area contributed by atoms with E-state index >= 15 is 0 Å². The van der Waals surface area contributed by atoms with Gasteiger partial charge in [-0.1, -0.05) is 6.07 Å². The van der Waals surface area contributed by atoms with Crippen molar-refractivity contribution < 1.29 is 27.5 Å². The van der Waals surface area contributed by atoms with Crippen LogP contribution in [0.4, 0.5) is 13.2 Å². The molecule has 0 bridgehead atoms. The van der Waals surface area contributed by atoms with Crippen molar-refractivity contribution in [2.24, 2.45) is 0 Å². The number of ether oxygens (including phenoxy) is 1. The van der Waals surface area contributed by atoms with Gasteiger partial charge in [0.1, 0.15) is 23.2 Å². The van der Waals surface area contributed by atoms with Crippen molar-refractivity contribution in [1.82, 2.24) is 24.0 Å². The number of aromatic nitrogens is 3. The standard InChI is InChI=1S/C27H20F3N5O3S2/c1-2-35-10-9-32-26(35)23-14-20-25(39-23)22(7-8-31-20)38-21-6-4-16(11-19(21)30)27(37)34-40-33-24(36)12-15-3-5-17(28)13-18(15)29/h3-11,13-14H,2,12H2,1H3,(H,33,36)(H,34,37). The quantitative estimate of drug-likeness (QED) is 0.205. The number of nitrogens with one attached hydrogen (secondary N) is 2. The molecule has 3 heterocycles. The molecule has 3 aromatic heterocycles. The highest BCUT2D eigenvalue weighted by Gasteiger charge is 2.17. The van der Waals surface area contributed by atoms with Crippen LogP contribution < -0.4 is 14.2 Å². The maximum Gasteiger partial charge on any atom is 0.262 e. The number of carbonyl (C=O) groups is 2. The van der Waals surface area contributed by atoms with E-state index in [-0.39, 0.29) is 23.3 Å². The number of fused-ring (bicyclic) bond motifs is 1. The molecule has 5 rings (SSSR count). The van der Waals surface area contributed by atoms with Gasteiger partial charge in [-0.05, 0) is 42.8 Å². The zero-order valence-electron chi connectivity index (χ0n) is 20.8. The lowest BCUT2D eigenvalue weighted by Gasteiger charge is -2.10. The number of hydrogen-bond donors (Lipinski definition) is 2. The smallest absolute Gasteiger partial charge is 0.262 e. The SMILES string of the molecule is CCn1ccnc1-c1cc2nccc(Oc3ccc(C(=O)NSNC(=O)Cc4ccc(F)cc4F)cc3F)c2s1. The van der Waals surface area contributed by atoms with Gasteiger partial charge < -0.3 is 9.30 Å². The Morgan fingerprint density at radius 3 is 2.60 bits per heavy atom. The van der Waals surface area contributed by atoms with E-state index in [9.17, 15) is 22.8 Å². The molecule has 0 unspecified atom stereocenters. The topological polar surface area (TPSA) is 98.1 Å². The van der Waals surface area contributed by atoms with Crippen LogP contribution in [0.5, 0.6) is 11.5 Å². The van der Waals surface area contributed by atoms with E-state index in [0.29, 0.717) is 29.5 Å². The molecular formula is C27H20F3N5O3S2. The lowest BCUT2D eigenvalue weighted by molar-refractivity contribution is -0.118. The van der Waals surface area contributed by atoms with Gasteiger partial charge in [-0.2, -0.15) is 0 Å². The summed E-state index contributed by atoms with van der Waals surface area (Å²) in [6.07, 6.45) is 4.82. The average molecular weight is 584 g/mol. The summed E-state index contributed by atoms with van der Waals surface area (Å²) in [6, 6.07) is 10.1. The first-order valence-electron chi connectivity index (χ1n) is 11.9. The number of amides is 2. The van der Waals surface area contributed by atoms with E-state index in [1.54, 1.807) is 18.5 Å². The van der Waals surface area contributed by atoms with E-state index in [2.05, 4.69) is 19.4 Å². The highest BCUT2D eigenvalue weighted by Crippen LogP contribution is 2.39. The molecule has 8 nitrogen and oxygen atoms in total. The number of thiophene rings is 1. The second-order valence-corrected chi connectivity index (χ2v) is 10.1. The first-order chi connectivity index (χ1) is 19.3. The third-order valence-corrected chi connectivity index (χ3v) is 7.49. The highest BCUT2D eigenvalue weighted by molar-refractivity contribution is 7.96. The van der Waals surface area contributed by atoms with Crippen molar-refractivity contribution in [3.63, 3.8) is 0 Å². The Hall–Kier alpha value is -4.36. The highest BCUT2D eigenvalue weighted by atomic mass is 32.2. The van der Waals surface area contributed by atoms with Gasteiger partial charge in [0.05, 0.1) is 33.6 Å². The number of pyridine rings is 1. The lowest BCUT2D eigenvalue weighted by atomic mass is 10.1. The average Bonchev–Trinajstić information content (AvgIpc) is 3.58. The van der Waals surface area contributed by atoms with Crippen LogP contribution in [0.25, 0.3) is 20.9 Å². The molecule has 204 valence electrons. The van der Waals surface area contributed by atoms with Crippen molar-refractivity contribution in [1.29, 1.82) is 0 Å². The maximum absolute atomic E-state index is 14.9. The first kappa shape index (κ1) is 27.2. The minimum atomic E-state index is -0.849. The minimum absolute atomic E-state index is 0.000891. The Bertz CT molecular complexity index is 1720. The summed E-state index contributed by atoms with van der Waals surface area (Å²) in [6.45, 7) is 2.78. The number of carbonyl (C=O) groups excluding carboxylic acids is 2. The normalized spacial score (nSPS) is 11.0. The molecule has 0 fully saturated rings. The second kappa shape index (κ2) is 11.8. The molecule has 0 saturated heterocycles. The van der Waals surface area contributed by atoms with E-state index in [1.807, 2.05) is 23.8 Å². The lowest BCUT2D eigenvalue weighted by Crippen LogP contribution is -2.26. The van der Waals surface area contributed by atoms with Crippen molar-refractivity contribution in [2.75, 3.05) is 0 Å². The molecule has 0 spiro atoms. The zero-order chi connectivity index (χ0) is 28.2. The molecular weight excluding hydrogens is 563 g/mol. The van der Waals surface area contributed by atoms with Gasteiger partial charge in [0, 0.05) is 42.8 Å². The van der Waals surface area contributed by atoms with Crippen molar-refractivity contribution in [3.05, 3.63) is 95.7 Å². The summed E-state index contributed by atoms with van der Waals surface area (Å²) < 4.78 is 54.9. The largest absolute Gasteiger partial charge is 0.453 e. The number of halogens is 3. The molecule has 0 atom stereocenters. The van der Waals surface area contributed by atoms with Crippen LogP contribution in [0.2, 0.25) is 0 Å². The number of nitrogens with zero attached hydrogens (tertiary/aromatic N) is 3. The summed E-state index contributed by atoms with van der Waals surface area (Å²) in [5, 5.41) is 0. The third kappa shape index (κ3) is 5.95.